The molecule has 1 atom stereocenters. The Morgan fingerprint density at radius 2 is 2.00 bits per heavy atom. The number of benzene rings is 1. The third kappa shape index (κ3) is 1.67. The molecule has 0 saturated heterocycles. The highest BCUT2D eigenvalue weighted by Crippen LogP contribution is 2.43. The monoisotopic (exact) mass is 282 g/mol. The molecule has 0 radical (unpaired) electrons. The molecule has 1 aliphatic rings. The van der Waals surface area contributed by atoms with Gasteiger partial charge in [-0.05, 0) is 30.5 Å². The molecular formula is C10H7BrF4. The maximum atomic E-state index is 13.4. The van der Waals surface area contributed by atoms with E-state index in [0.29, 0.717) is 4.47 Å². The minimum atomic E-state index is -3.71. The standard InChI is InChI=1S/C10H7BrF4/c11-6-3-5-1-2-8(13)10(14,15)9(5)7(12)4-6/h3-4,8H,1-2H2. The van der Waals surface area contributed by atoms with Crippen molar-refractivity contribution in [3.63, 3.8) is 0 Å². The highest BCUT2D eigenvalue weighted by atomic mass is 79.9. The van der Waals surface area contributed by atoms with Crippen LogP contribution in [0.4, 0.5) is 17.6 Å². The van der Waals surface area contributed by atoms with Crippen molar-refractivity contribution in [2.45, 2.75) is 24.9 Å². The summed E-state index contributed by atoms with van der Waals surface area (Å²) in [4.78, 5) is 0. The van der Waals surface area contributed by atoms with Gasteiger partial charge in [-0.3, -0.25) is 0 Å². The van der Waals surface area contributed by atoms with E-state index in [-0.39, 0.29) is 18.4 Å². The number of rotatable bonds is 0. The van der Waals surface area contributed by atoms with Crippen LogP contribution in [0.25, 0.3) is 0 Å². The molecule has 0 aliphatic heterocycles. The molecule has 1 aromatic carbocycles. The van der Waals surface area contributed by atoms with Crippen molar-refractivity contribution in [3.8, 4) is 0 Å². The van der Waals surface area contributed by atoms with Crippen molar-refractivity contribution in [2.75, 3.05) is 0 Å². The molecule has 15 heavy (non-hydrogen) atoms. The molecule has 1 unspecified atom stereocenters. The summed E-state index contributed by atoms with van der Waals surface area (Å²) in [6.45, 7) is 0. The van der Waals surface area contributed by atoms with Crippen molar-refractivity contribution < 1.29 is 17.6 Å². The molecule has 1 aliphatic carbocycles. The molecule has 1 aromatic rings. The lowest BCUT2D eigenvalue weighted by Gasteiger charge is -2.28. The molecule has 5 heteroatoms. The summed E-state index contributed by atoms with van der Waals surface area (Å²) in [5, 5.41) is 0. The van der Waals surface area contributed by atoms with Crippen LogP contribution in [0.5, 0.6) is 0 Å². The van der Waals surface area contributed by atoms with Gasteiger partial charge < -0.3 is 0 Å². The van der Waals surface area contributed by atoms with Gasteiger partial charge in [-0.2, -0.15) is 8.78 Å². The lowest BCUT2D eigenvalue weighted by molar-refractivity contribution is -0.0907. The van der Waals surface area contributed by atoms with Crippen molar-refractivity contribution in [2.24, 2.45) is 0 Å². The lowest BCUT2D eigenvalue weighted by atomic mass is 9.87. The lowest BCUT2D eigenvalue weighted by Crippen LogP contribution is -2.34. The molecule has 0 saturated carbocycles. The third-order valence-electron chi connectivity index (χ3n) is 2.53. The predicted octanol–water partition coefficient (Wildman–Crippen LogP) is 3.96. The zero-order chi connectivity index (χ0) is 11.2. The molecule has 0 aromatic heterocycles. The van der Waals surface area contributed by atoms with E-state index in [1.807, 2.05) is 0 Å². The minimum Gasteiger partial charge on any atom is -0.240 e. The highest BCUT2D eigenvalue weighted by Gasteiger charge is 2.48. The Kier molecular flexibility index (Phi) is 2.53. The SMILES string of the molecule is Fc1cc(Br)cc2c1C(F)(F)C(F)CC2. The number of hydrogen-bond acceptors (Lipinski definition) is 0. The fourth-order valence-corrected chi connectivity index (χ4v) is 2.29. The van der Waals surface area contributed by atoms with E-state index in [9.17, 15) is 17.6 Å². The molecule has 0 spiro atoms. The van der Waals surface area contributed by atoms with Crippen LogP contribution in [0.2, 0.25) is 0 Å². The van der Waals surface area contributed by atoms with Crippen molar-refractivity contribution >= 4 is 15.9 Å². The molecule has 0 bridgehead atoms. The van der Waals surface area contributed by atoms with E-state index < -0.39 is 23.5 Å². The summed E-state index contributed by atoms with van der Waals surface area (Å²) in [5.41, 5.74) is -0.606. The van der Waals surface area contributed by atoms with Crippen LogP contribution < -0.4 is 0 Å². The molecule has 0 heterocycles. The van der Waals surface area contributed by atoms with Gasteiger partial charge in [-0.25, -0.2) is 8.78 Å². The van der Waals surface area contributed by atoms with Crippen molar-refractivity contribution in [1.82, 2.24) is 0 Å². The van der Waals surface area contributed by atoms with E-state index in [2.05, 4.69) is 15.9 Å². The van der Waals surface area contributed by atoms with Crippen LogP contribution in [0.3, 0.4) is 0 Å². The Hall–Kier alpha value is -0.580. The Labute approximate surface area is 92.4 Å². The molecule has 2 rings (SSSR count). The molecule has 0 fully saturated rings. The fourth-order valence-electron chi connectivity index (χ4n) is 1.82. The van der Waals surface area contributed by atoms with E-state index in [1.54, 1.807) is 0 Å². The van der Waals surface area contributed by atoms with Crippen LogP contribution in [-0.4, -0.2) is 6.17 Å². The van der Waals surface area contributed by atoms with E-state index in [1.165, 1.54) is 6.07 Å². The molecule has 82 valence electrons. The van der Waals surface area contributed by atoms with Crippen LogP contribution >= 0.6 is 15.9 Å². The summed E-state index contributed by atoms with van der Waals surface area (Å²) in [6.07, 6.45) is -2.42. The van der Waals surface area contributed by atoms with Gasteiger partial charge in [0.1, 0.15) is 5.82 Å². The van der Waals surface area contributed by atoms with Gasteiger partial charge in [0, 0.05) is 4.47 Å². The van der Waals surface area contributed by atoms with Gasteiger partial charge in [-0.15, -0.1) is 0 Å². The number of alkyl halides is 3. The van der Waals surface area contributed by atoms with Gasteiger partial charge in [0.05, 0.1) is 5.56 Å². The van der Waals surface area contributed by atoms with Gasteiger partial charge in [0.15, 0.2) is 6.17 Å². The fraction of sp³-hybridized carbons (Fsp3) is 0.400. The second-order valence-corrected chi connectivity index (χ2v) is 4.47. The summed E-state index contributed by atoms with van der Waals surface area (Å²) in [6, 6.07) is 2.35. The smallest absolute Gasteiger partial charge is 0.240 e. The van der Waals surface area contributed by atoms with Gasteiger partial charge in [-0.1, -0.05) is 15.9 Å². The Morgan fingerprint density at radius 1 is 1.33 bits per heavy atom. The number of aryl methyl sites for hydroxylation is 1. The second-order valence-electron chi connectivity index (χ2n) is 3.55. The van der Waals surface area contributed by atoms with Crippen LogP contribution in [0, 0.1) is 5.82 Å². The van der Waals surface area contributed by atoms with Crippen molar-refractivity contribution in [3.05, 3.63) is 33.5 Å². The number of halogens is 5. The molecular weight excluding hydrogens is 276 g/mol. The Balaban J connectivity index is 2.64. The number of hydrogen-bond donors (Lipinski definition) is 0. The molecule has 0 N–H and O–H groups in total. The highest BCUT2D eigenvalue weighted by molar-refractivity contribution is 9.10. The van der Waals surface area contributed by atoms with Gasteiger partial charge in [0.25, 0.3) is 0 Å². The first-order chi connectivity index (χ1) is 6.93. The average molecular weight is 283 g/mol. The third-order valence-corrected chi connectivity index (χ3v) is 2.99. The zero-order valence-corrected chi connectivity index (χ0v) is 9.12. The summed E-state index contributed by atoms with van der Waals surface area (Å²) < 4.78 is 53.4. The van der Waals surface area contributed by atoms with E-state index in [0.717, 1.165) is 6.07 Å². The zero-order valence-electron chi connectivity index (χ0n) is 7.54. The maximum Gasteiger partial charge on any atom is 0.306 e. The maximum absolute atomic E-state index is 13.4. The van der Waals surface area contributed by atoms with E-state index in [4.69, 9.17) is 0 Å². The Bertz CT molecular complexity index is 403. The Morgan fingerprint density at radius 3 is 2.67 bits per heavy atom. The number of fused-ring (bicyclic) bond motifs is 1. The quantitative estimate of drug-likeness (QED) is 0.632. The largest absolute Gasteiger partial charge is 0.306 e. The molecule has 0 amide bonds. The van der Waals surface area contributed by atoms with Gasteiger partial charge in [0.2, 0.25) is 0 Å². The first-order valence-corrected chi connectivity index (χ1v) is 5.22. The van der Waals surface area contributed by atoms with Crippen LogP contribution in [0.1, 0.15) is 17.5 Å². The average Bonchev–Trinajstić information content (AvgIpc) is 2.10. The topological polar surface area (TPSA) is 0 Å². The molecule has 0 nitrogen and oxygen atoms in total. The minimum absolute atomic E-state index is 0.141. The summed E-state index contributed by atoms with van der Waals surface area (Å²) in [5.74, 6) is -4.76. The summed E-state index contributed by atoms with van der Waals surface area (Å²) in [7, 11) is 0. The normalized spacial score (nSPS) is 23.7. The van der Waals surface area contributed by atoms with Crippen molar-refractivity contribution in [1.29, 1.82) is 0 Å². The van der Waals surface area contributed by atoms with Crippen LogP contribution in [0.15, 0.2) is 16.6 Å². The van der Waals surface area contributed by atoms with E-state index >= 15 is 0 Å². The first kappa shape index (κ1) is 10.9. The second kappa shape index (κ2) is 3.47. The van der Waals surface area contributed by atoms with Gasteiger partial charge >= 0.3 is 5.92 Å². The predicted molar refractivity (Wildman–Crippen MR) is 51.2 cm³/mol. The van der Waals surface area contributed by atoms with Crippen LogP contribution in [-0.2, 0) is 12.3 Å². The summed E-state index contributed by atoms with van der Waals surface area (Å²) >= 11 is 3.02. The first-order valence-electron chi connectivity index (χ1n) is 4.43.